The van der Waals surface area contributed by atoms with Crippen molar-refractivity contribution in [1.29, 1.82) is 0 Å². The molecule has 0 bridgehead atoms. The fraction of sp³-hybridized carbons (Fsp3) is 0. The van der Waals surface area contributed by atoms with Gasteiger partial charge in [-0.2, -0.15) is 0 Å². The monoisotopic (exact) mass is 330 g/mol. The van der Waals surface area contributed by atoms with Crippen molar-refractivity contribution in [2.45, 2.75) is 0 Å². The van der Waals surface area contributed by atoms with Gasteiger partial charge in [0.25, 0.3) is 0 Å². The highest BCUT2D eigenvalue weighted by atomic mass is 79.9. The summed E-state index contributed by atoms with van der Waals surface area (Å²) in [6, 6.07) is 7.49. The third-order valence-electron chi connectivity index (χ3n) is 2.35. The maximum absolute atomic E-state index is 13.5. The Morgan fingerprint density at radius 2 is 1.78 bits per heavy atom. The van der Waals surface area contributed by atoms with Crippen LogP contribution in [0.4, 0.5) is 8.78 Å². The van der Waals surface area contributed by atoms with E-state index in [-0.39, 0.29) is 16.1 Å². The summed E-state index contributed by atoms with van der Waals surface area (Å²) in [6.07, 6.45) is 0. The number of halogens is 4. The number of carbonyl (C=O) groups is 1. The quantitative estimate of drug-likeness (QED) is 0.734. The molecule has 2 aromatic rings. The molecule has 92 valence electrons. The molecule has 0 saturated heterocycles. The van der Waals surface area contributed by atoms with E-state index in [0.717, 1.165) is 12.1 Å². The molecule has 0 amide bonds. The van der Waals surface area contributed by atoms with Crippen LogP contribution in [0.15, 0.2) is 40.9 Å². The number of carbonyl (C=O) groups excluding carboxylic acids is 1. The standard InChI is InChI=1S/C13H6BrClF2O/c14-7-1-4-11(15)10(5-7)13(18)9-3-2-8(16)6-12(9)17/h1-6H. The fourth-order valence-electron chi connectivity index (χ4n) is 1.49. The van der Waals surface area contributed by atoms with Crippen LogP contribution in [0.3, 0.4) is 0 Å². The number of benzene rings is 2. The Kier molecular flexibility index (Phi) is 3.78. The second-order valence-electron chi connectivity index (χ2n) is 3.58. The zero-order valence-electron chi connectivity index (χ0n) is 8.88. The maximum atomic E-state index is 13.5. The number of ketones is 1. The molecule has 0 saturated carbocycles. The summed E-state index contributed by atoms with van der Waals surface area (Å²) in [5.74, 6) is -2.22. The first kappa shape index (κ1) is 13.2. The van der Waals surface area contributed by atoms with Gasteiger partial charge in [-0.3, -0.25) is 4.79 Å². The summed E-state index contributed by atoms with van der Waals surface area (Å²) >= 11 is 9.09. The van der Waals surface area contributed by atoms with Crippen LogP contribution in [0.25, 0.3) is 0 Å². The zero-order valence-corrected chi connectivity index (χ0v) is 11.2. The van der Waals surface area contributed by atoms with E-state index in [2.05, 4.69) is 15.9 Å². The average Bonchev–Trinajstić information content (AvgIpc) is 2.31. The molecule has 2 aromatic carbocycles. The molecular weight excluding hydrogens is 325 g/mol. The smallest absolute Gasteiger partial charge is 0.197 e. The number of hydrogen-bond acceptors (Lipinski definition) is 1. The topological polar surface area (TPSA) is 17.1 Å². The van der Waals surface area contributed by atoms with Crippen molar-refractivity contribution in [2.24, 2.45) is 0 Å². The van der Waals surface area contributed by atoms with E-state index in [0.29, 0.717) is 10.5 Å². The van der Waals surface area contributed by atoms with Gasteiger partial charge in [-0.05, 0) is 30.3 Å². The Balaban J connectivity index is 2.51. The molecule has 0 aliphatic rings. The molecule has 0 atom stereocenters. The van der Waals surface area contributed by atoms with E-state index in [1.165, 1.54) is 12.1 Å². The van der Waals surface area contributed by atoms with Crippen LogP contribution in [0, 0.1) is 11.6 Å². The second-order valence-corrected chi connectivity index (χ2v) is 4.90. The van der Waals surface area contributed by atoms with Crippen LogP contribution >= 0.6 is 27.5 Å². The molecule has 0 radical (unpaired) electrons. The summed E-state index contributed by atoms with van der Waals surface area (Å²) in [6.45, 7) is 0. The molecule has 1 nitrogen and oxygen atoms in total. The molecule has 0 aliphatic carbocycles. The van der Waals surface area contributed by atoms with Crippen molar-refractivity contribution in [1.82, 2.24) is 0 Å². The Morgan fingerprint density at radius 3 is 2.44 bits per heavy atom. The Hall–Kier alpha value is -1.26. The van der Waals surface area contributed by atoms with Crippen LogP contribution in [-0.4, -0.2) is 5.78 Å². The SMILES string of the molecule is O=C(c1ccc(F)cc1F)c1cc(Br)ccc1Cl. The van der Waals surface area contributed by atoms with Crippen molar-refractivity contribution in [3.63, 3.8) is 0 Å². The van der Waals surface area contributed by atoms with Gasteiger partial charge in [-0.1, -0.05) is 27.5 Å². The molecule has 0 aromatic heterocycles. The van der Waals surface area contributed by atoms with Gasteiger partial charge in [0.2, 0.25) is 0 Å². The van der Waals surface area contributed by atoms with Crippen molar-refractivity contribution in [3.8, 4) is 0 Å². The van der Waals surface area contributed by atoms with E-state index in [9.17, 15) is 13.6 Å². The van der Waals surface area contributed by atoms with Gasteiger partial charge in [0, 0.05) is 16.1 Å². The summed E-state index contributed by atoms with van der Waals surface area (Å²) in [5.41, 5.74) is -0.0482. The molecule has 0 N–H and O–H groups in total. The minimum atomic E-state index is -0.906. The minimum Gasteiger partial charge on any atom is -0.288 e. The van der Waals surface area contributed by atoms with E-state index in [4.69, 9.17) is 11.6 Å². The van der Waals surface area contributed by atoms with E-state index >= 15 is 0 Å². The van der Waals surface area contributed by atoms with Gasteiger partial charge in [-0.25, -0.2) is 8.78 Å². The third-order valence-corrected chi connectivity index (χ3v) is 3.17. The lowest BCUT2D eigenvalue weighted by atomic mass is 10.0. The highest BCUT2D eigenvalue weighted by Gasteiger charge is 2.17. The van der Waals surface area contributed by atoms with Crippen LogP contribution in [-0.2, 0) is 0 Å². The largest absolute Gasteiger partial charge is 0.288 e. The summed E-state index contributed by atoms with van der Waals surface area (Å²) in [5, 5.41) is 0.215. The molecule has 0 aliphatic heterocycles. The predicted octanol–water partition coefficient (Wildman–Crippen LogP) is 4.61. The van der Waals surface area contributed by atoms with Crippen molar-refractivity contribution >= 4 is 33.3 Å². The van der Waals surface area contributed by atoms with Gasteiger partial charge >= 0.3 is 0 Å². The first-order valence-electron chi connectivity index (χ1n) is 4.94. The van der Waals surface area contributed by atoms with Crippen molar-refractivity contribution < 1.29 is 13.6 Å². The maximum Gasteiger partial charge on any atom is 0.197 e. The lowest BCUT2D eigenvalue weighted by Gasteiger charge is -2.05. The predicted molar refractivity (Wildman–Crippen MR) is 68.9 cm³/mol. The zero-order chi connectivity index (χ0) is 13.3. The highest BCUT2D eigenvalue weighted by Crippen LogP contribution is 2.24. The number of hydrogen-bond donors (Lipinski definition) is 0. The lowest BCUT2D eigenvalue weighted by Crippen LogP contribution is -2.05. The molecule has 18 heavy (non-hydrogen) atoms. The van der Waals surface area contributed by atoms with Gasteiger partial charge in [0.1, 0.15) is 11.6 Å². The van der Waals surface area contributed by atoms with E-state index < -0.39 is 17.4 Å². The fourth-order valence-corrected chi connectivity index (χ4v) is 2.05. The van der Waals surface area contributed by atoms with Crippen LogP contribution in [0.1, 0.15) is 15.9 Å². The molecule has 0 unspecified atom stereocenters. The van der Waals surface area contributed by atoms with E-state index in [1.807, 2.05) is 0 Å². The Labute approximate surface area is 116 Å². The van der Waals surface area contributed by atoms with Gasteiger partial charge in [0.05, 0.1) is 10.6 Å². The van der Waals surface area contributed by atoms with Crippen LogP contribution in [0.2, 0.25) is 5.02 Å². The van der Waals surface area contributed by atoms with Gasteiger partial charge in [-0.15, -0.1) is 0 Å². The Morgan fingerprint density at radius 1 is 1.06 bits per heavy atom. The second kappa shape index (κ2) is 5.16. The summed E-state index contributed by atoms with van der Waals surface area (Å²) < 4.78 is 26.9. The highest BCUT2D eigenvalue weighted by molar-refractivity contribution is 9.10. The van der Waals surface area contributed by atoms with Gasteiger partial charge in [0.15, 0.2) is 5.78 Å². The third kappa shape index (κ3) is 2.60. The first-order chi connectivity index (χ1) is 8.49. The molecule has 0 spiro atoms. The number of rotatable bonds is 2. The molecule has 0 fully saturated rings. The van der Waals surface area contributed by atoms with E-state index in [1.54, 1.807) is 6.07 Å². The summed E-state index contributed by atoms with van der Waals surface area (Å²) in [7, 11) is 0. The Bertz CT molecular complexity index is 628. The molecular formula is C13H6BrClF2O. The molecule has 5 heteroatoms. The normalized spacial score (nSPS) is 10.4. The minimum absolute atomic E-state index is 0.163. The van der Waals surface area contributed by atoms with Crippen molar-refractivity contribution in [2.75, 3.05) is 0 Å². The lowest BCUT2D eigenvalue weighted by molar-refractivity contribution is 0.103. The van der Waals surface area contributed by atoms with Gasteiger partial charge < -0.3 is 0 Å². The molecule has 0 heterocycles. The van der Waals surface area contributed by atoms with Crippen molar-refractivity contribution in [3.05, 3.63) is 68.7 Å². The average molecular weight is 332 g/mol. The van der Waals surface area contributed by atoms with Crippen LogP contribution in [0.5, 0.6) is 0 Å². The molecule has 2 rings (SSSR count). The first-order valence-corrected chi connectivity index (χ1v) is 6.11. The van der Waals surface area contributed by atoms with Crippen LogP contribution < -0.4 is 0 Å². The summed E-state index contributed by atoms with van der Waals surface area (Å²) in [4.78, 5) is 12.1.